The summed E-state index contributed by atoms with van der Waals surface area (Å²) in [7, 11) is 0. The van der Waals surface area contributed by atoms with Gasteiger partial charge in [0.2, 0.25) is 0 Å². The first-order valence-electron chi connectivity index (χ1n) is 6.21. The van der Waals surface area contributed by atoms with Gasteiger partial charge in [0.15, 0.2) is 0 Å². The molecule has 4 nitrogen and oxygen atoms in total. The maximum Gasteiger partial charge on any atom is 0.328 e. The van der Waals surface area contributed by atoms with Gasteiger partial charge < -0.3 is 9.67 Å². The van der Waals surface area contributed by atoms with Crippen molar-refractivity contribution in [2.75, 3.05) is 0 Å². The zero-order valence-electron chi connectivity index (χ0n) is 11.1. The van der Waals surface area contributed by atoms with Crippen molar-refractivity contribution in [3.63, 3.8) is 0 Å². The average Bonchev–Trinajstić information content (AvgIpc) is 2.40. The van der Waals surface area contributed by atoms with E-state index < -0.39 is 5.97 Å². The molecule has 0 bridgehead atoms. The molecule has 102 valence electrons. The van der Waals surface area contributed by atoms with E-state index in [0.717, 1.165) is 22.8 Å². The Morgan fingerprint density at radius 1 is 1.30 bits per heavy atom. The van der Waals surface area contributed by atoms with E-state index in [9.17, 15) is 9.59 Å². The SMILES string of the molecule is Cc1ccn(Cc2cccc(C=CC(=O)O)c2)c(=O)c1. The molecule has 0 saturated heterocycles. The number of benzene rings is 1. The van der Waals surface area contributed by atoms with Crippen LogP contribution in [0.25, 0.3) is 6.08 Å². The van der Waals surface area contributed by atoms with Crippen LogP contribution < -0.4 is 5.56 Å². The summed E-state index contributed by atoms with van der Waals surface area (Å²) in [5.74, 6) is -0.981. The van der Waals surface area contributed by atoms with Gasteiger partial charge in [-0.2, -0.15) is 0 Å². The lowest BCUT2D eigenvalue weighted by Crippen LogP contribution is -2.19. The van der Waals surface area contributed by atoms with Crippen molar-refractivity contribution in [3.8, 4) is 0 Å². The minimum Gasteiger partial charge on any atom is -0.478 e. The van der Waals surface area contributed by atoms with Gasteiger partial charge >= 0.3 is 5.97 Å². The topological polar surface area (TPSA) is 59.3 Å². The average molecular weight is 269 g/mol. The third-order valence-corrected chi connectivity index (χ3v) is 2.87. The highest BCUT2D eigenvalue weighted by Crippen LogP contribution is 2.08. The Bertz CT molecular complexity index is 714. The monoisotopic (exact) mass is 269 g/mol. The Kier molecular flexibility index (Phi) is 4.15. The third-order valence-electron chi connectivity index (χ3n) is 2.87. The number of carbonyl (C=O) groups is 1. The Morgan fingerprint density at radius 3 is 2.80 bits per heavy atom. The summed E-state index contributed by atoms with van der Waals surface area (Å²) in [5, 5.41) is 8.61. The minimum absolute atomic E-state index is 0.0449. The van der Waals surface area contributed by atoms with Crippen molar-refractivity contribution in [1.82, 2.24) is 4.57 Å². The molecule has 1 aromatic heterocycles. The highest BCUT2D eigenvalue weighted by Gasteiger charge is 1.99. The Balaban J connectivity index is 2.23. The van der Waals surface area contributed by atoms with Crippen molar-refractivity contribution in [2.24, 2.45) is 0 Å². The third kappa shape index (κ3) is 3.68. The molecule has 0 amide bonds. The number of hydrogen-bond acceptors (Lipinski definition) is 2. The number of pyridine rings is 1. The molecule has 0 atom stereocenters. The van der Waals surface area contributed by atoms with Gasteiger partial charge in [-0.15, -0.1) is 0 Å². The Morgan fingerprint density at radius 2 is 2.10 bits per heavy atom. The highest BCUT2D eigenvalue weighted by atomic mass is 16.4. The molecule has 1 heterocycles. The fraction of sp³-hybridized carbons (Fsp3) is 0.125. The summed E-state index contributed by atoms with van der Waals surface area (Å²) in [5.41, 5.74) is 2.63. The van der Waals surface area contributed by atoms with Gasteiger partial charge in [-0.3, -0.25) is 4.79 Å². The second-order valence-corrected chi connectivity index (χ2v) is 4.59. The summed E-state index contributed by atoms with van der Waals surface area (Å²) in [6.45, 7) is 2.34. The summed E-state index contributed by atoms with van der Waals surface area (Å²) in [6, 6.07) is 10.9. The zero-order chi connectivity index (χ0) is 14.5. The van der Waals surface area contributed by atoms with E-state index in [1.807, 2.05) is 37.3 Å². The second kappa shape index (κ2) is 6.02. The van der Waals surface area contributed by atoms with Crippen LogP contribution in [0.4, 0.5) is 0 Å². The molecule has 0 fully saturated rings. The summed E-state index contributed by atoms with van der Waals surface area (Å²) in [6.07, 6.45) is 4.39. The predicted octanol–water partition coefficient (Wildman–Crippen LogP) is 2.30. The van der Waals surface area contributed by atoms with Crippen LogP contribution in [-0.4, -0.2) is 15.6 Å². The first-order valence-corrected chi connectivity index (χ1v) is 6.21. The normalized spacial score (nSPS) is 10.8. The second-order valence-electron chi connectivity index (χ2n) is 4.59. The Hall–Kier alpha value is -2.62. The van der Waals surface area contributed by atoms with Gasteiger partial charge in [-0.05, 0) is 41.8 Å². The standard InChI is InChI=1S/C16H15NO3/c1-12-7-8-17(15(18)9-12)11-14-4-2-3-13(10-14)5-6-16(19)20/h2-10H,11H2,1H3,(H,19,20). The summed E-state index contributed by atoms with van der Waals surface area (Å²) in [4.78, 5) is 22.3. The number of nitrogens with zero attached hydrogens (tertiary/aromatic N) is 1. The highest BCUT2D eigenvalue weighted by molar-refractivity contribution is 5.85. The van der Waals surface area contributed by atoms with Gasteiger partial charge in [-0.25, -0.2) is 4.79 Å². The van der Waals surface area contributed by atoms with Crippen LogP contribution in [0.3, 0.4) is 0 Å². The van der Waals surface area contributed by atoms with Gasteiger partial charge in [0.05, 0.1) is 6.54 Å². The van der Waals surface area contributed by atoms with Crippen molar-refractivity contribution >= 4 is 12.0 Å². The Labute approximate surface area is 116 Å². The quantitative estimate of drug-likeness (QED) is 0.866. The molecule has 4 heteroatoms. The lowest BCUT2D eigenvalue weighted by Gasteiger charge is -2.06. The predicted molar refractivity (Wildman–Crippen MR) is 77.7 cm³/mol. The van der Waals surface area contributed by atoms with Crippen LogP contribution in [0.1, 0.15) is 16.7 Å². The van der Waals surface area contributed by atoms with Crippen molar-refractivity contribution in [2.45, 2.75) is 13.5 Å². The molecule has 2 aromatic rings. The van der Waals surface area contributed by atoms with Crippen molar-refractivity contribution in [3.05, 3.63) is 75.7 Å². The van der Waals surface area contributed by atoms with Crippen molar-refractivity contribution < 1.29 is 9.90 Å². The minimum atomic E-state index is -0.981. The van der Waals surface area contributed by atoms with Crippen LogP contribution >= 0.6 is 0 Å². The van der Waals surface area contributed by atoms with Gasteiger partial charge in [0.1, 0.15) is 0 Å². The van der Waals surface area contributed by atoms with E-state index in [1.54, 1.807) is 16.8 Å². The van der Waals surface area contributed by atoms with Crippen LogP contribution in [0, 0.1) is 6.92 Å². The molecule has 0 unspecified atom stereocenters. The lowest BCUT2D eigenvalue weighted by atomic mass is 10.1. The fourth-order valence-corrected chi connectivity index (χ4v) is 1.90. The summed E-state index contributed by atoms with van der Waals surface area (Å²) >= 11 is 0. The molecule has 0 radical (unpaired) electrons. The van der Waals surface area contributed by atoms with Gasteiger partial charge in [0, 0.05) is 18.3 Å². The number of carboxylic acids is 1. The summed E-state index contributed by atoms with van der Waals surface area (Å²) < 4.78 is 1.62. The first kappa shape index (κ1) is 13.8. The van der Waals surface area contributed by atoms with E-state index in [2.05, 4.69) is 0 Å². The number of aliphatic carboxylic acids is 1. The van der Waals surface area contributed by atoms with E-state index in [1.165, 1.54) is 6.08 Å². The zero-order valence-corrected chi connectivity index (χ0v) is 11.1. The van der Waals surface area contributed by atoms with Crippen LogP contribution in [0.2, 0.25) is 0 Å². The number of carboxylic acid groups (broad SMARTS) is 1. The molecular weight excluding hydrogens is 254 g/mol. The van der Waals surface area contributed by atoms with Crippen LogP contribution in [-0.2, 0) is 11.3 Å². The molecule has 2 rings (SSSR count). The smallest absolute Gasteiger partial charge is 0.328 e. The number of aryl methyl sites for hydroxylation is 1. The number of rotatable bonds is 4. The van der Waals surface area contributed by atoms with E-state index in [-0.39, 0.29) is 5.56 Å². The largest absolute Gasteiger partial charge is 0.478 e. The molecule has 0 aliphatic heterocycles. The van der Waals surface area contributed by atoms with Gasteiger partial charge in [0.25, 0.3) is 5.56 Å². The molecule has 0 aliphatic carbocycles. The van der Waals surface area contributed by atoms with Crippen molar-refractivity contribution in [1.29, 1.82) is 0 Å². The van der Waals surface area contributed by atoms with E-state index in [0.29, 0.717) is 6.54 Å². The number of aromatic nitrogens is 1. The molecule has 20 heavy (non-hydrogen) atoms. The molecule has 1 N–H and O–H groups in total. The maximum absolute atomic E-state index is 11.8. The van der Waals surface area contributed by atoms with Crippen LogP contribution in [0.15, 0.2) is 53.5 Å². The molecule has 0 spiro atoms. The fourth-order valence-electron chi connectivity index (χ4n) is 1.90. The molecule has 1 aromatic carbocycles. The van der Waals surface area contributed by atoms with Gasteiger partial charge in [-0.1, -0.05) is 18.2 Å². The molecule has 0 aliphatic rings. The van der Waals surface area contributed by atoms with Crippen LogP contribution in [0.5, 0.6) is 0 Å². The first-order chi connectivity index (χ1) is 9.54. The number of hydrogen-bond donors (Lipinski definition) is 1. The lowest BCUT2D eigenvalue weighted by molar-refractivity contribution is -0.131. The molecular formula is C16H15NO3. The van der Waals surface area contributed by atoms with E-state index in [4.69, 9.17) is 5.11 Å². The molecule has 0 saturated carbocycles. The maximum atomic E-state index is 11.8. The van der Waals surface area contributed by atoms with E-state index >= 15 is 0 Å².